The number of hydrogen-bond donors (Lipinski definition) is 2. The summed E-state index contributed by atoms with van der Waals surface area (Å²) >= 11 is 0. The lowest BCUT2D eigenvalue weighted by molar-refractivity contribution is -0.123. The first kappa shape index (κ1) is 21.7. The lowest BCUT2D eigenvalue weighted by atomic mass is 10.2. The minimum absolute atomic E-state index is 0.313. The molecule has 5 nitrogen and oxygen atoms in total. The normalized spacial score (nSPS) is 14.0. The fraction of sp³-hybridized carbons (Fsp3) is 0.350. The first-order valence-electron chi connectivity index (χ1n) is 8.83. The highest BCUT2D eigenvalue weighted by atomic mass is 31.2. The molecule has 0 unspecified atom stereocenters. The molecule has 1 atom stereocenters. The Balaban J connectivity index is 2.59. The fourth-order valence-corrected chi connectivity index (χ4v) is 8.69. The molecule has 0 fully saturated rings. The quantitative estimate of drug-likeness (QED) is 0.546. The van der Waals surface area contributed by atoms with Crippen LogP contribution in [-0.2, 0) is 13.8 Å². The second-order valence-corrected chi connectivity index (χ2v) is 13.6. The molecule has 0 bridgehead atoms. The molecule has 2 rings (SSSR count). The topological polar surface area (TPSA) is 83.8 Å². The molecule has 0 saturated heterocycles. The fourth-order valence-electron chi connectivity index (χ4n) is 3.35. The SMILES string of the molecule is C[C@@H](O[Si](c1ccccc1)(c1ccccc1)C(C)(C)C)C(=O)CP(=O)(O)O. The van der Waals surface area contributed by atoms with Gasteiger partial charge in [0.25, 0.3) is 8.32 Å². The molecule has 0 aromatic heterocycles. The Labute approximate surface area is 161 Å². The maximum absolute atomic E-state index is 12.4. The van der Waals surface area contributed by atoms with Gasteiger partial charge in [-0.1, -0.05) is 81.4 Å². The summed E-state index contributed by atoms with van der Waals surface area (Å²) in [6, 6.07) is 19.6. The van der Waals surface area contributed by atoms with Gasteiger partial charge < -0.3 is 14.2 Å². The molecule has 0 aliphatic carbocycles. The Morgan fingerprint density at radius 1 is 1.00 bits per heavy atom. The van der Waals surface area contributed by atoms with Gasteiger partial charge in [-0.25, -0.2) is 0 Å². The van der Waals surface area contributed by atoms with E-state index in [0.717, 1.165) is 10.4 Å². The summed E-state index contributed by atoms with van der Waals surface area (Å²) < 4.78 is 17.8. The van der Waals surface area contributed by atoms with E-state index < -0.39 is 34.0 Å². The lowest BCUT2D eigenvalue weighted by Crippen LogP contribution is -2.68. The maximum atomic E-state index is 12.4. The molecule has 7 heteroatoms. The largest absolute Gasteiger partial charge is 0.398 e. The average Bonchev–Trinajstić information content (AvgIpc) is 2.58. The Kier molecular flexibility index (Phi) is 6.61. The second-order valence-electron chi connectivity index (χ2n) is 7.71. The second kappa shape index (κ2) is 8.21. The number of hydrogen-bond acceptors (Lipinski definition) is 3. The van der Waals surface area contributed by atoms with Crippen LogP contribution in [-0.4, -0.2) is 36.2 Å². The van der Waals surface area contributed by atoms with Crippen LogP contribution in [0.2, 0.25) is 5.04 Å². The van der Waals surface area contributed by atoms with Gasteiger partial charge in [0.2, 0.25) is 0 Å². The van der Waals surface area contributed by atoms with Crippen LogP contribution in [0, 0.1) is 0 Å². The van der Waals surface area contributed by atoms with E-state index in [1.807, 2.05) is 60.7 Å². The molecule has 2 aromatic rings. The lowest BCUT2D eigenvalue weighted by Gasteiger charge is -2.44. The van der Waals surface area contributed by atoms with Crippen LogP contribution in [0.25, 0.3) is 0 Å². The smallest absolute Gasteiger partial charge is 0.333 e. The molecular weight excluding hydrogens is 379 g/mol. The van der Waals surface area contributed by atoms with Gasteiger partial charge in [-0.2, -0.15) is 0 Å². The molecule has 0 saturated carbocycles. The van der Waals surface area contributed by atoms with E-state index in [1.54, 1.807) is 6.92 Å². The first-order chi connectivity index (χ1) is 12.5. The Hall–Kier alpha value is -1.56. The highest BCUT2D eigenvalue weighted by Crippen LogP contribution is 2.39. The van der Waals surface area contributed by atoms with Crippen LogP contribution in [0.15, 0.2) is 60.7 Å². The zero-order valence-electron chi connectivity index (χ0n) is 16.1. The number of rotatable bonds is 7. The highest BCUT2D eigenvalue weighted by molar-refractivity contribution is 7.52. The van der Waals surface area contributed by atoms with Crippen molar-refractivity contribution in [2.75, 3.05) is 6.16 Å². The van der Waals surface area contributed by atoms with Gasteiger partial charge in [0.15, 0.2) is 5.78 Å². The Bertz CT molecular complexity index is 772. The number of benzene rings is 2. The van der Waals surface area contributed by atoms with Gasteiger partial charge in [-0.05, 0) is 22.3 Å². The predicted octanol–water partition coefficient (Wildman–Crippen LogP) is 2.70. The molecule has 2 N–H and O–H groups in total. The van der Waals surface area contributed by atoms with E-state index >= 15 is 0 Å². The molecule has 0 spiro atoms. The van der Waals surface area contributed by atoms with Crippen LogP contribution in [0.3, 0.4) is 0 Å². The van der Waals surface area contributed by atoms with Crippen molar-refractivity contribution in [2.45, 2.75) is 38.8 Å². The third-order valence-corrected chi connectivity index (χ3v) is 10.4. The molecule has 0 radical (unpaired) electrons. The number of ketones is 1. The summed E-state index contributed by atoms with van der Waals surface area (Å²) in [5, 5.41) is 1.71. The van der Waals surface area contributed by atoms with Crippen LogP contribution in [0.5, 0.6) is 0 Å². The van der Waals surface area contributed by atoms with E-state index in [9.17, 15) is 19.1 Å². The summed E-state index contributed by atoms with van der Waals surface area (Å²) in [6.45, 7) is 7.83. The molecule has 146 valence electrons. The van der Waals surface area contributed by atoms with Crippen molar-refractivity contribution in [3.63, 3.8) is 0 Å². The molecule has 0 aliphatic heterocycles. The third-order valence-electron chi connectivity index (χ3n) is 4.59. The van der Waals surface area contributed by atoms with E-state index in [0.29, 0.717) is 0 Å². The van der Waals surface area contributed by atoms with Crippen LogP contribution in [0.4, 0.5) is 0 Å². The Morgan fingerprint density at radius 2 is 1.41 bits per heavy atom. The number of carbonyl (C=O) groups is 1. The summed E-state index contributed by atoms with van der Waals surface area (Å²) in [5.41, 5.74) is 0. The van der Waals surface area contributed by atoms with Crippen LogP contribution >= 0.6 is 7.60 Å². The highest BCUT2D eigenvalue weighted by Gasteiger charge is 2.51. The van der Waals surface area contributed by atoms with Crippen molar-refractivity contribution in [2.24, 2.45) is 0 Å². The van der Waals surface area contributed by atoms with E-state index in [4.69, 9.17) is 4.43 Å². The average molecular weight is 406 g/mol. The third kappa shape index (κ3) is 5.03. The Morgan fingerprint density at radius 3 is 1.74 bits per heavy atom. The molecule has 2 aromatic carbocycles. The number of carbonyl (C=O) groups excluding carboxylic acids is 1. The van der Waals surface area contributed by atoms with Gasteiger partial charge in [0.1, 0.15) is 12.3 Å². The summed E-state index contributed by atoms with van der Waals surface area (Å²) in [7, 11) is -7.36. The summed E-state index contributed by atoms with van der Waals surface area (Å²) in [5.74, 6) is -0.587. The summed E-state index contributed by atoms with van der Waals surface area (Å²) in [6.07, 6.45) is -1.74. The van der Waals surface area contributed by atoms with Crippen molar-refractivity contribution in [3.05, 3.63) is 60.7 Å². The first-order valence-corrected chi connectivity index (χ1v) is 12.5. The van der Waals surface area contributed by atoms with Gasteiger partial charge in [-0.15, -0.1) is 0 Å². The van der Waals surface area contributed by atoms with Gasteiger partial charge in [0.05, 0.1) is 0 Å². The van der Waals surface area contributed by atoms with Gasteiger partial charge in [-0.3, -0.25) is 9.36 Å². The van der Waals surface area contributed by atoms with E-state index in [1.165, 1.54) is 0 Å². The van der Waals surface area contributed by atoms with Crippen molar-refractivity contribution in [3.8, 4) is 0 Å². The van der Waals surface area contributed by atoms with Crippen molar-refractivity contribution >= 4 is 32.1 Å². The van der Waals surface area contributed by atoms with E-state index in [2.05, 4.69) is 20.8 Å². The number of Topliss-reactive ketones (excluding diaryl/α,β-unsaturated/α-hetero) is 1. The van der Waals surface area contributed by atoms with Crippen LogP contribution < -0.4 is 10.4 Å². The zero-order chi connectivity index (χ0) is 20.3. The maximum Gasteiger partial charge on any atom is 0.333 e. The zero-order valence-corrected chi connectivity index (χ0v) is 18.0. The predicted molar refractivity (Wildman–Crippen MR) is 110 cm³/mol. The van der Waals surface area contributed by atoms with E-state index in [-0.39, 0.29) is 5.04 Å². The minimum atomic E-state index is -4.44. The standard InChI is InChI=1S/C20H27O5PSi/c1-16(19(21)15-26(22,23)24)25-27(20(2,3)4,17-11-7-5-8-12-17)18-13-9-6-10-14-18/h5-14,16H,15H2,1-4H3,(H2,22,23,24)/t16-/m1/s1. The van der Waals surface area contributed by atoms with Gasteiger partial charge in [0, 0.05) is 0 Å². The van der Waals surface area contributed by atoms with Crippen LogP contribution in [0.1, 0.15) is 27.7 Å². The molecule has 0 heterocycles. The van der Waals surface area contributed by atoms with Crippen molar-refractivity contribution in [1.29, 1.82) is 0 Å². The molecule has 0 amide bonds. The van der Waals surface area contributed by atoms with Gasteiger partial charge >= 0.3 is 7.60 Å². The summed E-state index contributed by atoms with van der Waals surface area (Å²) in [4.78, 5) is 30.8. The minimum Gasteiger partial charge on any atom is -0.398 e. The monoisotopic (exact) mass is 406 g/mol. The molecule has 0 aliphatic rings. The van der Waals surface area contributed by atoms with Crippen molar-refractivity contribution in [1.82, 2.24) is 0 Å². The molecular formula is C20H27O5PSi. The van der Waals surface area contributed by atoms with Crippen molar-refractivity contribution < 1.29 is 23.6 Å². The molecule has 27 heavy (non-hydrogen) atoms.